The Bertz CT molecular complexity index is 473. The molecule has 0 heterocycles. The first-order valence-electron chi connectivity index (χ1n) is 7.05. The van der Waals surface area contributed by atoms with Crippen molar-refractivity contribution in [1.82, 2.24) is 10.6 Å². The molecule has 0 aromatic heterocycles. The summed E-state index contributed by atoms with van der Waals surface area (Å²) >= 11 is 0. The van der Waals surface area contributed by atoms with E-state index in [2.05, 4.69) is 10.6 Å². The Morgan fingerprint density at radius 3 is 1.50 bits per heavy atom. The second-order valence-corrected chi connectivity index (χ2v) is 4.42. The zero-order valence-electron chi connectivity index (χ0n) is 14.1. The molecular weight excluding hydrogens is 412 g/mol. The Morgan fingerprint density at radius 2 is 1.21 bits per heavy atom. The molecule has 0 aliphatic rings. The largest absolute Gasteiger partial charge is 0.490 e. The summed E-state index contributed by atoms with van der Waals surface area (Å²) < 4.78 is 63.5. The highest BCUT2D eigenvalue weighted by Crippen LogP contribution is 2.13. The van der Waals surface area contributed by atoms with Crippen LogP contribution in [0.25, 0.3) is 0 Å². The average Bonchev–Trinajstić information content (AvgIpc) is 2.51. The van der Waals surface area contributed by atoms with Crippen molar-refractivity contribution < 1.29 is 60.8 Å². The van der Waals surface area contributed by atoms with Crippen LogP contribution in [-0.2, 0) is 19.2 Å². The standard InChI is InChI=1S/C8H17N3O3.2C2HF3O2/c9-3-1-2-7(12)11-5-4-10-6-8(13)14;2*3-2(4,5)1(6)7/h10H,1-6,9H2,(H,11,12)(H,13,14);2*(H,6,7). The molecular formula is C12H19F6N3O7. The number of carboxylic acid groups (broad SMARTS) is 3. The fourth-order valence-electron chi connectivity index (χ4n) is 0.837. The number of halogens is 6. The number of hydrogen-bond donors (Lipinski definition) is 6. The minimum absolute atomic E-state index is 0.0485. The van der Waals surface area contributed by atoms with Gasteiger partial charge in [0.2, 0.25) is 5.91 Å². The normalized spacial score (nSPS) is 10.5. The molecule has 0 rings (SSSR count). The van der Waals surface area contributed by atoms with Gasteiger partial charge in [0, 0.05) is 19.5 Å². The van der Waals surface area contributed by atoms with Crippen LogP contribution in [0.3, 0.4) is 0 Å². The van der Waals surface area contributed by atoms with Crippen LogP contribution < -0.4 is 16.4 Å². The van der Waals surface area contributed by atoms with Gasteiger partial charge >= 0.3 is 30.3 Å². The molecule has 1 amide bonds. The summed E-state index contributed by atoms with van der Waals surface area (Å²) in [6, 6.07) is 0. The molecule has 28 heavy (non-hydrogen) atoms. The molecule has 0 spiro atoms. The summed E-state index contributed by atoms with van der Waals surface area (Å²) in [5, 5.41) is 27.8. The van der Waals surface area contributed by atoms with Crippen LogP contribution in [0.5, 0.6) is 0 Å². The van der Waals surface area contributed by atoms with Gasteiger partial charge in [0.15, 0.2) is 0 Å². The molecule has 0 radical (unpaired) electrons. The van der Waals surface area contributed by atoms with Crippen LogP contribution in [0.15, 0.2) is 0 Å². The number of rotatable bonds is 8. The van der Waals surface area contributed by atoms with Crippen molar-refractivity contribution >= 4 is 23.8 Å². The van der Waals surface area contributed by atoms with Crippen molar-refractivity contribution in [2.45, 2.75) is 25.2 Å². The van der Waals surface area contributed by atoms with Crippen molar-refractivity contribution in [3.8, 4) is 0 Å². The molecule has 0 unspecified atom stereocenters. The second-order valence-electron chi connectivity index (χ2n) is 4.42. The summed E-state index contributed by atoms with van der Waals surface area (Å²) in [5.41, 5.74) is 5.23. The number of carboxylic acids is 3. The molecule has 0 aromatic rings. The molecule has 0 bridgehead atoms. The lowest BCUT2D eigenvalue weighted by Crippen LogP contribution is -2.34. The number of aliphatic carboxylic acids is 3. The van der Waals surface area contributed by atoms with Gasteiger partial charge in [-0.3, -0.25) is 9.59 Å². The Balaban J connectivity index is -0.000000375. The van der Waals surface area contributed by atoms with Crippen molar-refractivity contribution in [3.05, 3.63) is 0 Å². The van der Waals surface area contributed by atoms with Crippen LogP contribution >= 0.6 is 0 Å². The predicted octanol–water partition coefficient (Wildman–Crippen LogP) is -0.218. The first kappa shape index (κ1) is 30.1. The van der Waals surface area contributed by atoms with Crippen LogP contribution in [0.2, 0.25) is 0 Å². The van der Waals surface area contributed by atoms with E-state index in [1.54, 1.807) is 0 Å². The SMILES string of the molecule is NCCCC(=O)NCCNCC(=O)O.O=C(O)C(F)(F)F.O=C(O)C(F)(F)F. The average molecular weight is 431 g/mol. The lowest BCUT2D eigenvalue weighted by Gasteiger charge is -2.04. The zero-order valence-corrected chi connectivity index (χ0v) is 14.1. The van der Waals surface area contributed by atoms with E-state index in [1.165, 1.54) is 0 Å². The molecule has 0 aliphatic carbocycles. The van der Waals surface area contributed by atoms with Crippen LogP contribution in [-0.4, -0.2) is 77.7 Å². The number of carbonyl (C=O) groups excluding carboxylic acids is 1. The van der Waals surface area contributed by atoms with Gasteiger partial charge in [0.1, 0.15) is 0 Å². The number of alkyl halides is 6. The molecule has 0 saturated carbocycles. The van der Waals surface area contributed by atoms with E-state index in [4.69, 9.17) is 30.6 Å². The number of carbonyl (C=O) groups is 4. The third-order valence-corrected chi connectivity index (χ3v) is 1.99. The summed E-state index contributed by atoms with van der Waals surface area (Å²) in [6.07, 6.45) is -9.07. The third kappa shape index (κ3) is 25.6. The number of nitrogens with two attached hydrogens (primary N) is 1. The van der Waals surface area contributed by atoms with E-state index in [0.29, 0.717) is 32.5 Å². The minimum atomic E-state index is -5.08. The van der Waals surface area contributed by atoms with E-state index >= 15 is 0 Å². The van der Waals surface area contributed by atoms with E-state index in [-0.39, 0.29) is 12.5 Å². The highest BCUT2D eigenvalue weighted by molar-refractivity contribution is 5.75. The van der Waals surface area contributed by atoms with E-state index in [9.17, 15) is 35.9 Å². The van der Waals surface area contributed by atoms with Gasteiger partial charge in [0.05, 0.1) is 6.54 Å². The maximum atomic E-state index is 11.0. The second kappa shape index (κ2) is 15.4. The smallest absolute Gasteiger partial charge is 0.480 e. The van der Waals surface area contributed by atoms with Crippen LogP contribution in [0.1, 0.15) is 12.8 Å². The van der Waals surface area contributed by atoms with Crippen LogP contribution in [0.4, 0.5) is 26.3 Å². The molecule has 16 heteroatoms. The maximum absolute atomic E-state index is 11.0. The van der Waals surface area contributed by atoms with Crippen molar-refractivity contribution in [1.29, 1.82) is 0 Å². The summed E-state index contributed by atoms with van der Waals surface area (Å²) in [6.45, 7) is 1.32. The van der Waals surface area contributed by atoms with E-state index in [1.807, 2.05) is 0 Å². The Hall–Kier alpha value is -2.62. The highest BCUT2D eigenvalue weighted by atomic mass is 19.4. The third-order valence-electron chi connectivity index (χ3n) is 1.99. The van der Waals surface area contributed by atoms with Gasteiger partial charge in [-0.25, -0.2) is 9.59 Å². The van der Waals surface area contributed by atoms with Crippen molar-refractivity contribution in [2.75, 3.05) is 26.2 Å². The van der Waals surface area contributed by atoms with Gasteiger partial charge in [-0.05, 0) is 13.0 Å². The molecule has 0 aromatic carbocycles. The lowest BCUT2D eigenvalue weighted by molar-refractivity contribution is -0.193. The predicted molar refractivity (Wildman–Crippen MR) is 79.2 cm³/mol. The zero-order chi connectivity index (χ0) is 23.0. The summed E-state index contributed by atoms with van der Waals surface area (Å²) in [7, 11) is 0. The minimum Gasteiger partial charge on any atom is -0.480 e. The monoisotopic (exact) mass is 431 g/mol. The number of hydrogen-bond acceptors (Lipinski definition) is 6. The van der Waals surface area contributed by atoms with E-state index < -0.39 is 30.3 Å². The summed E-state index contributed by atoms with van der Waals surface area (Å²) in [5.74, 6) is -6.47. The highest BCUT2D eigenvalue weighted by Gasteiger charge is 2.38. The molecule has 0 fully saturated rings. The van der Waals surface area contributed by atoms with Gasteiger partial charge in [-0.15, -0.1) is 0 Å². The first-order chi connectivity index (χ1) is 12.6. The molecule has 10 nitrogen and oxygen atoms in total. The molecule has 0 atom stereocenters. The fraction of sp³-hybridized carbons (Fsp3) is 0.667. The Labute approximate surface area is 153 Å². The van der Waals surface area contributed by atoms with Gasteiger partial charge in [-0.2, -0.15) is 26.3 Å². The van der Waals surface area contributed by atoms with Gasteiger partial charge in [0.25, 0.3) is 0 Å². The van der Waals surface area contributed by atoms with E-state index in [0.717, 1.165) is 0 Å². The van der Waals surface area contributed by atoms with Crippen LogP contribution in [0, 0.1) is 0 Å². The van der Waals surface area contributed by atoms with Crippen molar-refractivity contribution in [3.63, 3.8) is 0 Å². The molecule has 0 aliphatic heterocycles. The maximum Gasteiger partial charge on any atom is 0.490 e. The quantitative estimate of drug-likeness (QED) is 0.224. The number of nitrogens with one attached hydrogen (secondary N) is 2. The lowest BCUT2D eigenvalue weighted by atomic mass is 10.3. The molecule has 0 saturated heterocycles. The Kier molecular flexibility index (Phi) is 16.6. The summed E-state index contributed by atoms with van der Waals surface area (Å²) in [4.78, 5) is 38.9. The van der Waals surface area contributed by atoms with Gasteiger partial charge < -0.3 is 31.7 Å². The molecule has 7 N–H and O–H groups in total. The topological polar surface area (TPSA) is 179 Å². The van der Waals surface area contributed by atoms with Crippen molar-refractivity contribution in [2.24, 2.45) is 5.73 Å². The Morgan fingerprint density at radius 1 is 0.821 bits per heavy atom. The number of amides is 1. The molecule has 166 valence electrons. The van der Waals surface area contributed by atoms with Gasteiger partial charge in [-0.1, -0.05) is 0 Å². The first-order valence-corrected chi connectivity index (χ1v) is 7.05. The fourth-order valence-corrected chi connectivity index (χ4v) is 0.837.